The average molecular weight is 871 g/mol. The zero-order chi connectivity index (χ0) is 38.7. The van der Waals surface area contributed by atoms with Crippen LogP contribution in [0.5, 0.6) is 5.75 Å². The van der Waals surface area contributed by atoms with E-state index in [1.165, 1.54) is 24.3 Å². The number of rotatable bonds is 18. The summed E-state index contributed by atoms with van der Waals surface area (Å²) in [5, 5.41) is 29.0. The molecule has 0 spiro atoms. The predicted molar refractivity (Wildman–Crippen MR) is 204 cm³/mol. The number of carboxylic acids is 1. The van der Waals surface area contributed by atoms with E-state index in [-0.39, 0.29) is 38.0 Å². The monoisotopic (exact) mass is 870 g/mol. The Labute approximate surface area is 322 Å². The van der Waals surface area contributed by atoms with Crippen LogP contribution >= 0.6 is 30.4 Å². The van der Waals surface area contributed by atoms with Gasteiger partial charge in [0.15, 0.2) is 11.0 Å². The van der Waals surface area contributed by atoms with Crippen LogP contribution in [0.15, 0.2) is 102 Å². The normalized spacial score (nSPS) is 12.9. The molecule has 0 radical (unpaired) electrons. The lowest BCUT2D eigenvalue weighted by Crippen LogP contribution is -2.57. The van der Waals surface area contributed by atoms with Crippen LogP contribution in [-0.2, 0) is 43.0 Å². The van der Waals surface area contributed by atoms with Gasteiger partial charge in [0.1, 0.15) is 23.9 Å². The largest absolute Gasteiger partial charge is 0.524 e. The fourth-order valence-electron chi connectivity index (χ4n) is 5.48. The molecule has 16 nitrogen and oxygen atoms in total. The molecule has 54 heavy (non-hydrogen) atoms. The number of carbonyl (C=O) groups excluding carboxylic acids is 3. The Kier molecular flexibility index (Phi) is 13.7. The molecule has 0 fully saturated rings. The number of benzene rings is 4. The molecular weight excluding hydrogens is 834 g/mol. The minimum atomic E-state index is -4.79. The molecule has 1 heterocycles. The number of carbonyl (C=O) groups is 4. The Morgan fingerprint density at radius 2 is 1.22 bits per heavy atom. The van der Waals surface area contributed by atoms with Crippen molar-refractivity contribution >= 4 is 70.8 Å². The maximum Gasteiger partial charge on any atom is 0.524 e. The van der Waals surface area contributed by atoms with Crippen LogP contribution in [0, 0.1) is 3.57 Å². The second-order valence-electron chi connectivity index (χ2n) is 12.1. The fraction of sp³-hybridized carbons (Fsp3) is 0.222. The summed E-state index contributed by atoms with van der Waals surface area (Å²) in [4.78, 5) is 71.3. The van der Waals surface area contributed by atoms with Crippen molar-refractivity contribution in [1.29, 1.82) is 0 Å². The van der Waals surface area contributed by atoms with Crippen molar-refractivity contribution in [2.24, 2.45) is 0 Å². The number of carboxylic acid groups (broad SMARTS) is 1. The second-order valence-corrected chi connectivity index (χ2v) is 14.4. The van der Waals surface area contributed by atoms with Crippen LogP contribution in [0.1, 0.15) is 23.1 Å². The number of nitrogens with one attached hydrogen (secondary N) is 4. The molecule has 18 heteroatoms. The highest BCUT2D eigenvalue weighted by molar-refractivity contribution is 14.1. The van der Waals surface area contributed by atoms with E-state index in [9.17, 15) is 28.8 Å². The van der Waals surface area contributed by atoms with Gasteiger partial charge < -0.3 is 30.9 Å². The van der Waals surface area contributed by atoms with Gasteiger partial charge in [0, 0.05) is 35.8 Å². The Morgan fingerprint density at radius 3 is 1.80 bits per heavy atom. The van der Waals surface area contributed by atoms with E-state index in [0.29, 0.717) is 27.8 Å². The molecule has 0 bridgehead atoms. The molecule has 0 saturated heterocycles. The molecule has 3 amide bonds. The van der Waals surface area contributed by atoms with Gasteiger partial charge in [-0.1, -0.05) is 72.8 Å². The third-order valence-electron chi connectivity index (χ3n) is 8.09. The molecule has 0 saturated carbocycles. The number of amides is 3. The molecule has 7 N–H and O–H groups in total. The summed E-state index contributed by atoms with van der Waals surface area (Å²) >= 11 is 2.12. The number of nitrogens with zero attached hydrogens (tertiary/aromatic N) is 2. The van der Waals surface area contributed by atoms with E-state index in [0.717, 1.165) is 9.13 Å². The highest BCUT2D eigenvalue weighted by atomic mass is 127. The Balaban J connectivity index is 1.29. The quantitative estimate of drug-likeness (QED) is 0.0494. The second kappa shape index (κ2) is 18.6. The lowest BCUT2D eigenvalue weighted by atomic mass is 10.0. The number of anilines is 1. The zero-order valence-electron chi connectivity index (χ0n) is 28.4. The number of hydrogen-bond acceptors (Lipinski definition) is 10. The summed E-state index contributed by atoms with van der Waals surface area (Å²) in [6.07, 6.45) is -0.0906. The van der Waals surface area contributed by atoms with E-state index in [4.69, 9.17) is 14.4 Å². The lowest BCUT2D eigenvalue weighted by molar-refractivity contribution is -0.142. The first-order valence-electron chi connectivity index (χ1n) is 16.5. The van der Waals surface area contributed by atoms with Crippen LogP contribution in [0.25, 0.3) is 11.0 Å². The lowest BCUT2D eigenvalue weighted by Gasteiger charge is -2.25. The van der Waals surface area contributed by atoms with Crippen molar-refractivity contribution in [2.45, 2.75) is 43.8 Å². The molecule has 1 aromatic heterocycles. The molecule has 3 atom stereocenters. The summed E-state index contributed by atoms with van der Waals surface area (Å²) in [7, 11) is -4.79. The number of phosphoric acid groups is 1. The highest BCUT2D eigenvalue weighted by Gasteiger charge is 2.30. The fourth-order valence-corrected chi connectivity index (χ4v) is 6.41. The number of fused-ring (bicyclic) bond motifs is 1. The van der Waals surface area contributed by atoms with Crippen molar-refractivity contribution in [2.75, 3.05) is 11.9 Å². The number of phosphoric ester groups is 1. The minimum absolute atomic E-state index is 0.0104. The van der Waals surface area contributed by atoms with Crippen LogP contribution in [0.2, 0.25) is 0 Å². The van der Waals surface area contributed by atoms with Crippen molar-refractivity contribution in [3.8, 4) is 5.75 Å². The van der Waals surface area contributed by atoms with Crippen LogP contribution in [0.4, 0.5) is 5.69 Å². The molecular formula is C36H36IN6O10P. The van der Waals surface area contributed by atoms with Gasteiger partial charge >= 0.3 is 13.8 Å². The summed E-state index contributed by atoms with van der Waals surface area (Å²) in [5.41, 5.74) is 3.59. The van der Waals surface area contributed by atoms with E-state index < -0.39 is 49.6 Å². The van der Waals surface area contributed by atoms with Crippen molar-refractivity contribution in [1.82, 2.24) is 26.3 Å². The standard InChI is InChI=1S/C36H36IN6O10P/c37-26-15-16-27(33-32(26)42-53-43-33)38-18-17-31(44)39-28(19-22-7-3-1-4-8-22)34(45)40-29(20-23-9-5-2-6-10-23)35(46)41-30(36(47)48)21-24-11-13-25(14-12-24)52-54(49,50)51/h1-16,28-30,38H,17-21H2,(H,39,44)(H,40,45)(H,41,46)(H,47,48)(H2,49,50,51)/t28-,29-,30-/m1/s1. The first-order valence-corrected chi connectivity index (χ1v) is 19.1. The first-order chi connectivity index (χ1) is 25.8. The van der Waals surface area contributed by atoms with Crippen LogP contribution < -0.4 is 25.8 Å². The smallest absolute Gasteiger partial charge is 0.480 e. The van der Waals surface area contributed by atoms with E-state index in [1.54, 1.807) is 60.7 Å². The highest BCUT2D eigenvalue weighted by Crippen LogP contribution is 2.37. The van der Waals surface area contributed by atoms with Crippen molar-refractivity contribution in [3.63, 3.8) is 0 Å². The Hall–Kier alpha value is -5.36. The van der Waals surface area contributed by atoms with Gasteiger partial charge in [0.25, 0.3) is 0 Å². The van der Waals surface area contributed by atoms with Crippen LogP contribution in [-0.4, -0.2) is 73.6 Å². The van der Waals surface area contributed by atoms with Gasteiger partial charge in [-0.2, -0.15) is 0 Å². The molecule has 0 unspecified atom stereocenters. The van der Waals surface area contributed by atoms with Crippen molar-refractivity contribution < 1.29 is 47.8 Å². The van der Waals surface area contributed by atoms with Crippen molar-refractivity contribution in [3.05, 3.63) is 117 Å². The van der Waals surface area contributed by atoms with Crippen LogP contribution in [0.3, 0.4) is 0 Å². The van der Waals surface area contributed by atoms with Gasteiger partial charge in [-0.25, -0.2) is 14.0 Å². The van der Waals surface area contributed by atoms with Gasteiger partial charge in [-0.05, 0) is 73.9 Å². The summed E-state index contributed by atoms with van der Waals surface area (Å²) in [6, 6.07) is 23.1. The number of aromatic nitrogens is 2. The average Bonchev–Trinajstić information content (AvgIpc) is 3.64. The number of hydrogen-bond donors (Lipinski definition) is 7. The number of aliphatic carboxylic acids is 1. The summed E-state index contributed by atoms with van der Waals surface area (Å²) < 4.78 is 21.4. The molecule has 0 aliphatic carbocycles. The molecule has 5 aromatic rings. The van der Waals surface area contributed by atoms with E-state index >= 15 is 0 Å². The van der Waals surface area contributed by atoms with Gasteiger partial charge in [0.05, 0.1) is 5.69 Å². The molecule has 5 rings (SSSR count). The SMILES string of the molecule is O=C(CCNc1ccc(I)c2nonc12)N[C@H](Cc1ccccc1)C(=O)N[C@H](Cc1ccccc1)C(=O)N[C@H](Cc1ccc(OP(=O)(O)O)cc1)C(=O)O. The minimum Gasteiger partial charge on any atom is -0.480 e. The van der Waals surface area contributed by atoms with Gasteiger partial charge in [-0.15, -0.1) is 0 Å². The van der Waals surface area contributed by atoms with E-state index in [1.807, 2.05) is 12.1 Å². The maximum absolute atomic E-state index is 13.9. The topological polar surface area (TPSA) is 242 Å². The Morgan fingerprint density at radius 1 is 0.704 bits per heavy atom. The molecule has 0 aliphatic heterocycles. The summed E-state index contributed by atoms with van der Waals surface area (Å²) in [5.74, 6) is -3.35. The Bertz CT molecular complexity index is 2120. The predicted octanol–water partition coefficient (Wildman–Crippen LogP) is 3.37. The first kappa shape index (κ1) is 39.8. The maximum atomic E-state index is 13.9. The third-order valence-corrected chi connectivity index (χ3v) is 9.40. The molecule has 0 aliphatic rings. The third kappa shape index (κ3) is 11.8. The zero-order valence-corrected chi connectivity index (χ0v) is 31.5. The van der Waals surface area contributed by atoms with E-state index in [2.05, 4.69) is 58.7 Å². The molecule has 282 valence electrons. The van der Waals surface area contributed by atoms with Gasteiger partial charge in [-0.3, -0.25) is 24.2 Å². The van der Waals surface area contributed by atoms with Gasteiger partial charge in [0.2, 0.25) is 17.7 Å². The molecule has 4 aromatic carbocycles. The summed E-state index contributed by atoms with van der Waals surface area (Å²) in [6.45, 7) is 0.198. The number of halogens is 1.